The Balaban J connectivity index is 2.41. The monoisotopic (exact) mass is 417 g/mol. The summed E-state index contributed by atoms with van der Waals surface area (Å²) in [4.78, 5) is 4.18. The minimum Gasteiger partial charge on any atom is -0.493 e. The first kappa shape index (κ1) is 18.6. The predicted octanol–water partition coefficient (Wildman–Crippen LogP) is 4.06. The van der Waals surface area contributed by atoms with Crippen LogP contribution in [0.1, 0.15) is 18.1 Å². The van der Waals surface area contributed by atoms with Crippen LogP contribution in [0.5, 0.6) is 11.5 Å². The molecule has 0 aliphatic carbocycles. The lowest BCUT2D eigenvalue weighted by Crippen LogP contribution is -2.01. The summed E-state index contributed by atoms with van der Waals surface area (Å²) in [5.41, 5.74) is 3.10. The van der Waals surface area contributed by atoms with Gasteiger partial charge in [-0.1, -0.05) is 0 Å². The summed E-state index contributed by atoms with van der Waals surface area (Å²) in [7, 11) is 1.60. The van der Waals surface area contributed by atoms with Crippen molar-refractivity contribution in [2.75, 3.05) is 13.7 Å². The highest BCUT2D eigenvalue weighted by Gasteiger charge is 2.17. The Morgan fingerprint density at radius 3 is 2.50 bits per heavy atom. The van der Waals surface area contributed by atoms with Crippen LogP contribution in [0.25, 0.3) is 21.9 Å². The van der Waals surface area contributed by atoms with Gasteiger partial charge in [0.2, 0.25) is 0 Å². The van der Waals surface area contributed by atoms with E-state index in [1.54, 1.807) is 13.3 Å². The smallest absolute Gasteiger partial charge is 0.161 e. The molecule has 0 unspecified atom stereocenters. The van der Waals surface area contributed by atoms with E-state index >= 15 is 0 Å². The summed E-state index contributed by atoms with van der Waals surface area (Å²) < 4.78 is 11.9. The molecule has 0 aliphatic rings. The fraction of sp³-hybridized carbons (Fsp3) is 0.250. The third-order valence-electron chi connectivity index (χ3n) is 4.27. The Kier molecular flexibility index (Phi) is 5.76. The third-order valence-corrected chi connectivity index (χ3v) is 4.70. The second-order valence-electron chi connectivity index (χ2n) is 5.73. The zero-order chi connectivity index (χ0) is 18.7. The van der Waals surface area contributed by atoms with Gasteiger partial charge in [0.05, 0.1) is 26.9 Å². The normalized spacial score (nSPS) is 11.0. The van der Waals surface area contributed by atoms with Gasteiger partial charge in [-0.05, 0) is 86.2 Å². The van der Waals surface area contributed by atoms with Crippen molar-refractivity contribution in [3.05, 3.63) is 52.3 Å². The molecule has 0 saturated carbocycles. The average molecular weight is 418 g/mol. The number of rotatable bonds is 6. The van der Waals surface area contributed by atoms with Crippen LogP contribution >= 0.6 is 15.9 Å². The van der Waals surface area contributed by atoms with Crippen molar-refractivity contribution < 1.29 is 19.7 Å². The van der Waals surface area contributed by atoms with Gasteiger partial charge in [0.15, 0.2) is 11.5 Å². The molecule has 0 bridgehead atoms. The molecule has 1 heterocycles. The SMILES string of the molecule is CCOc1cc2cc(CO)c(CO)c(-c3ccnc(Br)c3)c2cc1OC. The van der Waals surface area contributed by atoms with Crippen LogP contribution in [0.2, 0.25) is 0 Å². The van der Waals surface area contributed by atoms with Crippen molar-refractivity contribution in [2.45, 2.75) is 20.1 Å². The molecule has 0 aliphatic heterocycles. The lowest BCUT2D eigenvalue weighted by atomic mass is 9.90. The van der Waals surface area contributed by atoms with E-state index in [0.29, 0.717) is 33.8 Å². The number of aliphatic hydroxyl groups is 2. The van der Waals surface area contributed by atoms with Crippen molar-refractivity contribution >= 4 is 26.7 Å². The van der Waals surface area contributed by atoms with Gasteiger partial charge in [-0.15, -0.1) is 0 Å². The van der Waals surface area contributed by atoms with Gasteiger partial charge < -0.3 is 19.7 Å². The van der Waals surface area contributed by atoms with E-state index in [1.165, 1.54) is 0 Å². The summed E-state index contributed by atoms with van der Waals surface area (Å²) in [5, 5.41) is 21.6. The van der Waals surface area contributed by atoms with Crippen molar-refractivity contribution in [3.63, 3.8) is 0 Å². The first-order chi connectivity index (χ1) is 12.6. The first-order valence-corrected chi connectivity index (χ1v) is 9.05. The Hall–Kier alpha value is -2.15. The van der Waals surface area contributed by atoms with Gasteiger partial charge in [0.1, 0.15) is 4.60 Å². The highest BCUT2D eigenvalue weighted by atomic mass is 79.9. The zero-order valence-corrected chi connectivity index (χ0v) is 16.2. The Labute approximate surface area is 160 Å². The van der Waals surface area contributed by atoms with E-state index in [0.717, 1.165) is 21.9 Å². The number of benzene rings is 2. The maximum atomic E-state index is 9.99. The van der Waals surface area contributed by atoms with Crippen LogP contribution in [0.3, 0.4) is 0 Å². The molecule has 0 spiro atoms. The largest absolute Gasteiger partial charge is 0.493 e. The molecule has 3 rings (SSSR count). The quantitative estimate of drug-likeness (QED) is 0.591. The van der Waals surface area contributed by atoms with Gasteiger partial charge >= 0.3 is 0 Å². The minimum absolute atomic E-state index is 0.166. The number of aromatic nitrogens is 1. The van der Waals surface area contributed by atoms with Crippen LogP contribution < -0.4 is 9.47 Å². The summed E-state index contributed by atoms with van der Waals surface area (Å²) in [6, 6.07) is 9.45. The van der Waals surface area contributed by atoms with Crippen molar-refractivity contribution in [2.24, 2.45) is 0 Å². The molecule has 6 heteroatoms. The van der Waals surface area contributed by atoms with Gasteiger partial charge in [0.25, 0.3) is 0 Å². The van der Waals surface area contributed by atoms with Crippen LogP contribution in [-0.4, -0.2) is 28.9 Å². The second-order valence-corrected chi connectivity index (χ2v) is 6.54. The van der Waals surface area contributed by atoms with E-state index in [9.17, 15) is 10.2 Å². The summed E-state index contributed by atoms with van der Waals surface area (Å²) >= 11 is 3.40. The Morgan fingerprint density at radius 2 is 1.88 bits per heavy atom. The van der Waals surface area contributed by atoms with Gasteiger partial charge in [-0.3, -0.25) is 0 Å². The molecular formula is C20H20BrNO4. The number of hydrogen-bond donors (Lipinski definition) is 2. The number of aliphatic hydroxyl groups excluding tert-OH is 2. The summed E-state index contributed by atoms with van der Waals surface area (Å²) in [6.07, 6.45) is 1.70. The number of ether oxygens (including phenoxy) is 2. The molecule has 5 nitrogen and oxygen atoms in total. The van der Waals surface area contributed by atoms with Crippen LogP contribution in [-0.2, 0) is 13.2 Å². The Morgan fingerprint density at radius 1 is 1.08 bits per heavy atom. The number of halogens is 1. The number of nitrogens with zero attached hydrogens (tertiary/aromatic N) is 1. The highest BCUT2D eigenvalue weighted by Crippen LogP contribution is 2.40. The Bertz CT molecular complexity index is 943. The van der Waals surface area contributed by atoms with Crippen LogP contribution in [0.4, 0.5) is 0 Å². The molecule has 2 aromatic carbocycles. The first-order valence-electron chi connectivity index (χ1n) is 8.25. The van der Waals surface area contributed by atoms with E-state index in [4.69, 9.17) is 9.47 Å². The van der Waals surface area contributed by atoms with Crippen molar-refractivity contribution in [1.29, 1.82) is 0 Å². The maximum Gasteiger partial charge on any atom is 0.161 e. The average Bonchev–Trinajstić information content (AvgIpc) is 2.66. The molecular weight excluding hydrogens is 398 g/mol. The van der Waals surface area contributed by atoms with Crippen molar-refractivity contribution in [1.82, 2.24) is 4.98 Å². The topological polar surface area (TPSA) is 71.8 Å². The molecule has 0 saturated heterocycles. The van der Waals surface area contributed by atoms with Crippen LogP contribution in [0.15, 0.2) is 41.1 Å². The summed E-state index contributed by atoms with van der Waals surface area (Å²) in [5.74, 6) is 1.26. The molecule has 0 amide bonds. The van der Waals surface area contributed by atoms with E-state index < -0.39 is 0 Å². The number of fused-ring (bicyclic) bond motifs is 1. The number of pyridine rings is 1. The number of hydrogen-bond acceptors (Lipinski definition) is 5. The van der Waals surface area contributed by atoms with Crippen molar-refractivity contribution in [3.8, 4) is 22.6 Å². The van der Waals surface area contributed by atoms with Gasteiger partial charge in [0, 0.05) is 6.20 Å². The molecule has 1 aromatic heterocycles. The fourth-order valence-corrected chi connectivity index (χ4v) is 3.51. The standard InChI is InChI=1S/C20H20BrNO4/c1-3-26-18-7-13-6-14(10-23)16(11-24)20(15(13)9-17(18)25-2)12-4-5-22-19(21)8-12/h4-9,23-24H,3,10-11H2,1-2H3. The molecule has 0 fully saturated rings. The van der Waals surface area contributed by atoms with E-state index in [2.05, 4.69) is 20.9 Å². The lowest BCUT2D eigenvalue weighted by molar-refractivity contribution is 0.260. The molecule has 3 aromatic rings. The lowest BCUT2D eigenvalue weighted by Gasteiger charge is -2.18. The minimum atomic E-state index is -0.184. The molecule has 2 N–H and O–H groups in total. The van der Waals surface area contributed by atoms with E-state index in [1.807, 2.05) is 37.3 Å². The fourth-order valence-electron chi connectivity index (χ4n) is 3.15. The van der Waals surface area contributed by atoms with Gasteiger partial charge in [-0.2, -0.15) is 0 Å². The number of methoxy groups -OCH3 is 1. The molecule has 26 heavy (non-hydrogen) atoms. The zero-order valence-electron chi connectivity index (χ0n) is 14.6. The highest BCUT2D eigenvalue weighted by molar-refractivity contribution is 9.10. The second kappa shape index (κ2) is 8.03. The maximum absolute atomic E-state index is 9.99. The summed E-state index contributed by atoms with van der Waals surface area (Å²) in [6.45, 7) is 2.09. The van der Waals surface area contributed by atoms with Gasteiger partial charge in [-0.25, -0.2) is 4.98 Å². The molecule has 0 radical (unpaired) electrons. The third kappa shape index (κ3) is 3.40. The predicted molar refractivity (Wildman–Crippen MR) is 104 cm³/mol. The van der Waals surface area contributed by atoms with Crippen LogP contribution in [0, 0.1) is 0 Å². The molecule has 0 atom stereocenters. The van der Waals surface area contributed by atoms with E-state index in [-0.39, 0.29) is 13.2 Å². The molecule has 136 valence electrons.